The van der Waals surface area contributed by atoms with Crippen LogP contribution < -0.4 is 0 Å². The summed E-state index contributed by atoms with van der Waals surface area (Å²) < 4.78 is 83.5. The number of aryl methyl sites for hydroxylation is 4. The van der Waals surface area contributed by atoms with Gasteiger partial charge in [-0.1, -0.05) is 59.7 Å². The maximum absolute atomic E-state index is 12.0. The smallest absolute Gasteiger partial charge is 0.304 e. The summed E-state index contributed by atoms with van der Waals surface area (Å²) in [5, 5.41) is 9.92. The molecule has 0 spiro atoms. The molecule has 8 rings (SSSR count). The van der Waals surface area contributed by atoms with E-state index in [1.54, 1.807) is 12.1 Å². The van der Waals surface area contributed by atoms with Gasteiger partial charge in [-0.2, -0.15) is 27.0 Å². The van der Waals surface area contributed by atoms with Crippen molar-refractivity contribution in [1.82, 2.24) is 19.6 Å². The highest BCUT2D eigenvalue weighted by Gasteiger charge is 2.31. The Balaban J connectivity index is 0.939. The van der Waals surface area contributed by atoms with E-state index in [0.717, 1.165) is 99.7 Å². The molecular formula is C39H40N4O8S4. The Labute approximate surface area is 327 Å². The number of rotatable bonds is 14. The first-order valence-corrected chi connectivity index (χ1v) is 22.5. The average molecular weight is 821 g/mol. The van der Waals surface area contributed by atoms with E-state index in [-0.39, 0.29) is 8.42 Å². The minimum atomic E-state index is -4.33. The molecule has 2 aliphatic carbocycles. The molecule has 288 valence electrons. The fraction of sp³-hybridized carbons (Fsp3) is 0.333. The van der Waals surface area contributed by atoms with Gasteiger partial charge in [-0.15, -0.1) is 22.7 Å². The summed E-state index contributed by atoms with van der Waals surface area (Å²) in [6.07, 6.45) is 3.30. The predicted octanol–water partition coefficient (Wildman–Crippen LogP) is 7.06. The molecule has 0 aliphatic heterocycles. The quantitative estimate of drug-likeness (QED) is 0.0859. The normalized spacial score (nSPS) is 13.7. The van der Waals surface area contributed by atoms with Crippen LogP contribution in [0, 0.1) is 13.8 Å². The Morgan fingerprint density at radius 1 is 0.636 bits per heavy atom. The summed E-state index contributed by atoms with van der Waals surface area (Å²) in [6, 6.07) is 19.6. The van der Waals surface area contributed by atoms with Crippen molar-refractivity contribution in [1.29, 1.82) is 0 Å². The monoisotopic (exact) mass is 820 g/mol. The molecule has 16 heteroatoms. The highest BCUT2D eigenvalue weighted by atomic mass is 32.3. The fourth-order valence-electron chi connectivity index (χ4n) is 7.28. The summed E-state index contributed by atoms with van der Waals surface area (Å²) in [7, 11) is -8.65. The molecule has 0 amide bonds. The van der Waals surface area contributed by atoms with Gasteiger partial charge in [0.1, 0.15) is 8.42 Å². The lowest BCUT2D eigenvalue weighted by molar-refractivity contribution is 0.0666. The number of nitrogens with zero attached hydrogens (tertiary/aromatic N) is 4. The molecule has 4 heterocycles. The van der Waals surface area contributed by atoms with E-state index in [0.29, 0.717) is 71.6 Å². The summed E-state index contributed by atoms with van der Waals surface area (Å²) in [4.78, 5) is 1.62. The Bertz CT molecular complexity index is 2420. The van der Waals surface area contributed by atoms with Gasteiger partial charge in [0.2, 0.25) is 0 Å². The minimum Gasteiger partial charge on any atom is -0.375 e. The third kappa shape index (κ3) is 8.00. The zero-order valence-corrected chi connectivity index (χ0v) is 33.6. The molecule has 0 unspecified atom stereocenters. The molecule has 2 aromatic carbocycles. The molecule has 0 saturated heterocycles. The molecule has 0 fully saturated rings. The van der Waals surface area contributed by atoms with Crippen molar-refractivity contribution in [3.05, 3.63) is 117 Å². The molecule has 2 N–H and O–H groups in total. The summed E-state index contributed by atoms with van der Waals surface area (Å²) >= 11 is 2.15. The van der Waals surface area contributed by atoms with Gasteiger partial charge < -0.3 is 9.47 Å². The van der Waals surface area contributed by atoms with Crippen molar-refractivity contribution in [2.45, 2.75) is 80.7 Å². The third-order valence-corrected chi connectivity index (χ3v) is 15.0. The number of hydrogen-bond acceptors (Lipinski definition) is 10. The van der Waals surface area contributed by atoms with E-state index in [4.69, 9.17) is 19.7 Å². The highest BCUT2D eigenvalue weighted by Crippen LogP contribution is 2.44. The van der Waals surface area contributed by atoms with Crippen LogP contribution in [0.5, 0.6) is 0 Å². The molecule has 0 saturated carbocycles. The van der Waals surface area contributed by atoms with Crippen LogP contribution in [0.3, 0.4) is 0 Å². The second-order valence-corrected chi connectivity index (χ2v) is 19.5. The fourth-order valence-corrected chi connectivity index (χ4v) is 11.2. The largest absolute Gasteiger partial charge is 0.375 e. The van der Waals surface area contributed by atoms with E-state index in [1.807, 2.05) is 23.2 Å². The van der Waals surface area contributed by atoms with Crippen molar-refractivity contribution in [2.75, 3.05) is 13.2 Å². The van der Waals surface area contributed by atoms with E-state index in [2.05, 4.69) is 48.5 Å². The standard InChI is InChI=1S/C39H40N4O8S4/c1-24-4-8-26(9-5-24)20-42-36-30(14-12-28-18-34(52-38(28)36)54(44,45)46)32(40-42)22-50-16-3-17-51-23-33-31-15-13-29-19-35(55(47,48)49)53-39(29)37(31)43(41-33)21-27-10-6-25(2)7-11-27/h4-11,18-19H,3,12-17,20-23H2,1-2H3,(H,44,45,46)(H,47,48,49). The summed E-state index contributed by atoms with van der Waals surface area (Å²) in [5.41, 5.74) is 11.7. The number of aromatic nitrogens is 4. The molecule has 2 aliphatic rings. The van der Waals surface area contributed by atoms with E-state index in [9.17, 15) is 25.9 Å². The lowest BCUT2D eigenvalue weighted by atomic mass is 9.95. The lowest BCUT2D eigenvalue weighted by Gasteiger charge is -2.15. The van der Waals surface area contributed by atoms with Gasteiger partial charge >= 0.3 is 20.2 Å². The highest BCUT2D eigenvalue weighted by molar-refractivity contribution is 7.88. The second-order valence-electron chi connectivity index (χ2n) is 14.1. The summed E-state index contributed by atoms with van der Waals surface area (Å²) in [6.45, 7) is 6.55. The number of ether oxygens (including phenoxy) is 2. The summed E-state index contributed by atoms with van der Waals surface area (Å²) in [5.74, 6) is 0. The first kappa shape index (κ1) is 37.9. The number of fused-ring (bicyclic) bond motifs is 6. The van der Waals surface area contributed by atoms with Crippen molar-refractivity contribution >= 4 is 42.9 Å². The van der Waals surface area contributed by atoms with Gasteiger partial charge in [0.15, 0.2) is 0 Å². The van der Waals surface area contributed by atoms with Gasteiger partial charge in [-0.3, -0.25) is 18.5 Å². The first-order chi connectivity index (χ1) is 26.3. The van der Waals surface area contributed by atoms with Crippen LogP contribution in [0.15, 0.2) is 69.1 Å². The maximum Gasteiger partial charge on any atom is 0.304 e. The van der Waals surface area contributed by atoms with Gasteiger partial charge in [0, 0.05) is 24.3 Å². The van der Waals surface area contributed by atoms with Crippen molar-refractivity contribution < 1.29 is 35.4 Å². The van der Waals surface area contributed by atoms with E-state index < -0.39 is 20.2 Å². The van der Waals surface area contributed by atoms with E-state index >= 15 is 0 Å². The van der Waals surface area contributed by atoms with Gasteiger partial charge in [0.05, 0.1) is 58.8 Å². The van der Waals surface area contributed by atoms with Crippen LogP contribution in [0.25, 0.3) is 21.1 Å². The number of hydrogen-bond donors (Lipinski definition) is 2. The van der Waals surface area contributed by atoms with Crippen molar-refractivity contribution in [2.24, 2.45) is 0 Å². The van der Waals surface area contributed by atoms with Crippen LogP contribution in [-0.2, 0) is 81.7 Å². The minimum absolute atomic E-state index is 0.0626. The Hall–Kier alpha value is -4.00. The molecule has 0 radical (unpaired) electrons. The van der Waals surface area contributed by atoms with E-state index in [1.165, 1.54) is 0 Å². The van der Waals surface area contributed by atoms with Crippen LogP contribution >= 0.6 is 22.7 Å². The molecule has 0 bridgehead atoms. The molecular weight excluding hydrogens is 781 g/mol. The Morgan fingerprint density at radius 3 is 1.42 bits per heavy atom. The molecule has 0 atom stereocenters. The van der Waals surface area contributed by atoms with Gasteiger partial charge in [0.25, 0.3) is 0 Å². The number of thiophene rings is 2. The molecule has 4 aromatic heterocycles. The van der Waals surface area contributed by atoms with Gasteiger partial charge in [-0.25, -0.2) is 0 Å². The number of benzene rings is 2. The topological polar surface area (TPSA) is 163 Å². The third-order valence-electron chi connectivity index (χ3n) is 10.0. The van der Waals surface area contributed by atoms with Crippen LogP contribution in [0.2, 0.25) is 0 Å². The Kier molecular flexibility index (Phi) is 10.4. The predicted molar refractivity (Wildman–Crippen MR) is 210 cm³/mol. The Morgan fingerprint density at radius 2 is 1.04 bits per heavy atom. The maximum atomic E-state index is 12.0. The molecule has 55 heavy (non-hydrogen) atoms. The molecule has 12 nitrogen and oxygen atoms in total. The van der Waals surface area contributed by atoms with Crippen LogP contribution in [0.1, 0.15) is 62.3 Å². The van der Waals surface area contributed by atoms with Gasteiger partial charge in [-0.05, 0) is 80.3 Å². The first-order valence-electron chi connectivity index (χ1n) is 18.0. The zero-order chi connectivity index (χ0) is 38.5. The van der Waals surface area contributed by atoms with Crippen LogP contribution in [0.4, 0.5) is 0 Å². The molecule has 6 aromatic rings. The van der Waals surface area contributed by atoms with Crippen molar-refractivity contribution in [3.63, 3.8) is 0 Å². The zero-order valence-electron chi connectivity index (χ0n) is 30.3. The van der Waals surface area contributed by atoms with Crippen molar-refractivity contribution in [3.8, 4) is 21.1 Å². The second kappa shape index (κ2) is 15.2. The lowest BCUT2D eigenvalue weighted by Crippen LogP contribution is -2.07. The van der Waals surface area contributed by atoms with Crippen LogP contribution in [-0.4, -0.2) is 58.7 Å². The SMILES string of the molecule is Cc1ccc(Cn2nc(COCCCOCc3nn(Cc4ccc(C)cc4)c4c3CCc3cc(S(=O)(=O)O)sc3-4)c3c2-c2sc(S(=O)(=O)O)cc2CC3)cc1. The average Bonchev–Trinajstić information content (AvgIpc) is 3.92.